The van der Waals surface area contributed by atoms with Gasteiger partial charge in [0.15, 0.2) is 5.60 Å². The number of carbonyl (C=O) groups is 1. The zero-order chi connectivity index (χ0) is 17.7. The number of amides is 1. The Morgan fingerprint density at radius 3 is 2.75 bits per heavy atom. The zero-order valence-electron chi connectivity index (χ0n) is 14.5. The molecule has 2 rings (SSSR count). The minimum atomic E-state index is -1.39. The number of benzene rings is 1. The molecule has 1 N–H and O–H groups in total. The second-order valence-corrected chi connectivity index (χ2v) is 8.35. The molecule has 0 spiro atoms. The third-order valence-electron chi connectivity index (χ3n) is 4.85. The maximum atomic E-state index is 14.1. The molecule has 1 fully saturated rings. The molecule has 1 aliphatic carbocycles. The maximum absolute atomic E-state index is 14.1. The first-order valence-electron chi connectivity index (χ1n) is 8.40. The fourth-order valence-corrected chi connectivity index (χ4v) is 4.59. The van der Waals surface area contributed by atoms with Crippen molar-refractivity contribution in [2.24, 2.45) is 0 Å². The van der Waals surface area contributed by atoms with Crippen LogP contribution in [0, 0.1) is 5.82 Å². The highest BCUT2D eigenvalue weighted by Gasteiger charge is 2.39. The molecule has 0 radical (unpaired) electrons. The molecule has 1 aromatic carbocycles. The van der Waals surface area contributed by atoms with Gasteiger partial charge >= 0.3 is 0 Å². The SMILES string of the molecule is CCS(=O)C1CCCC(NC(=O)C(C)(OC)c2ccccc2F)C1. The van der Waals surface area contributed by atoms with Crippen LogP contribution in [0.2, 0.25) is 0 Å². The van der Waals surface area contributed by atoms with E-state index in [2.05, 4.69) is 5.32 Å². The summed E-state index contributed by atoms with van der Waals surface area (Å²) in [5, 5.41) is 3.10. The Hall–Kier alpha value is -1.27. The normalized spacial score (nSPS) is 24.8. The van der Waals surface area contributed by atoms with Crippen molar-refractivity contribution in [2.45, 2.75) is 56.4 Å². The number of hydrogen-bond donors (Lipinski definition) is 1. The molecule has 0 saturated heterocycles. The van der Waals surface area contributed by atoms with Crippen LogP contribution in [0.5, 0.6) is 0 Å². The zero-order valence-corrected chi connectivity index (χ0v) is 15.3. The van der Waals surface area contributed by atoms with E-state index in [9.17, 15) is 13.4 Å². The molecule has 1 aromatic rings. The summed E-state index contributed by atoms with van der Waals surface area (Å²) in [5.41, 5.74) is -1.17. The van der Waals surface area contributed by atoms with Crippen molar-refractivity contribution < 1.29 is 18.1 Å². The summed E-state index contributed by atoms with van der Waals surface area (Å²) in [6, 6.07) is 6.10. The van der Waals surface area contributed by atoms with Crippen molar-refractivity contribution in [3.05, 3.63) is 35.6 Å². The monoisotopic (exact) mass is 355 g/mol. The summed E-state index contributed by atoms with van der Waals surface area (Å²) in [6.07, 6.45) is 3.41. The molecule has 6 heteroatoms. The smallest absolute Gasteiger partial charge is 0.256 e. The van der Waals surface area contributed by atoms with Crippen molar-refractivity contribution >= 4 is 16.7 Å². The standard InChI is InChI=1S/C18H26FNO3S/c1-4-24(22)14-9-7-8-13(12-14)20-17(21)18(2,23-3)15-10-5-6-11-16(15)19/h5-6,10-11,13-14H,4,7-9,12H2,1-3H3,(H,20,21). The van der Waals surface area contributed by atoms with Crippen LogP contribution in [-0.4, -0.2) is 34.3 Å². The molecular weight excluding hydrogens is 329 g/mol. The van der Waals surface area contributed by atoms with Crippen LogP contribution in [0.4, 0.5) is 4.39 Å². The van der Waals surface area contributed by atoms with E-state index < -0.39 is 22.2 Å². The third-order valence-corrected chi connectivity index (χ3v) is 6.59. The van der Waals surface area contributed by atoms with Gasteiger partial charge in [0.05, 0.1) is 0 Å². The largest absolute Gasteiger partial charge is 0.364 e. The van der Waals surface area contributed by atoms with E-state index in [1.54, 1.807) is 25.1 Å². The van der Waals surface area contributed by atoms with Crippen LogP contribution in [0.1, 0.15) is 45.1 Å². The lowest BCUT2D eigenvalue weighted by molar-refractivity contribution is -0.144. The molecule has 4 atom stereocenters. The number of methoxy groups -OCH3 is 1. The van der Waals surface area contributed by atoms with Crippen molar-refractivity contribution in [2.75, 3.05) is 12.9 Å². The van der Waals surface area contributed by atoms with Gasteiger partial charge in [0.2, 0.25) is 0 Å². The van der Waals surface area contributed by atoms with Gasteiger partial charge < -0.3 is 10.1 Å². The number of carbonyl (C=O) groups excluding carboxylic acids is 1. The molecule has 4 unspecified atom stereocenters. The van der Waals surface area contributed by atoms with Crippen LogP contribution in [-0.2, 0) is 25.9 Å². The van der Waals surface area contributed by atoms with Crippen molar-refractivity contribution in [3.8, 4) is 0 Å². The first-order valence-corrected chi connectivity index (χ1v) is 9.78. The van der Waals surface area contributed by atoms with E-state index in [0.717, 1.165) is 19.3 Å². The molecule has 0 bridgehead atoms. The van der Waals surface area contributed by atoms with Gasteiger partial charge in [0.25, 0.3) is 5.91 Å². The highest BCUT2D eigenvalue weighted by atomic mass is 32.2. The van der Waals surface area contributed by atoms with Gasteiger partial charge in [0.1, 0.15) is 5.82 Å². The van der Waals surface area contributed by atoms with Crippen molar-refractivity contribution in [3.63, 3.8) is 0 Å². The van der Waals surface area contributed by atoms with Gasteiger partial charge in [-0.15, -0.1) is 0 Å². The van der Waals surface area contributed by atoms with E-state index in [-0.39, 0.29) is 22.8 Å². The van der Waals surface area contributed by atoms with Crippen LogP contribution in [0.3, 0.4) is 0 Å². The molecule has 24 heavy (non-hydrogen) atoms. The average Bonchev–Trinajstić information content (AvgIpc) is 2.60. The van der Waals surface area contributed by atoms with E-state index in [0.29, 0.717) is 12.2 Å². The van der Waals surface area contributed by atoms with E-state index in [1.165, 1.54) is 13.2 Å². The lowest BCUT2D eigenvalue weighted by Crippen LogP contribution is -2.50. The summed E-state index contributed by atoms with van der Waals surface area (Å²) < 4.78 is 31.6. The van der Waals surface area contributed by atoms with Gasteiger partial charge in [-0.3, -0.25) is 9.00 Å². The lowest BCUT2D eigenvalue weighted by Gasteiger charge is -2.33. The Balaban J connectivity index is 2.12. The molecule has 4 nitrogen and oxygen atoms in total. The summed E-state index contributed by atoms with van der Waals surface area (Å²) >= 11 is 0. The van der Waals surface area contributed by atoms with Crippen molar-refractivity contribution in [1.82, 2.24) is 5.32 Å². The molecule has 134 valence electrons. The number of hydrogen-bond acceptors (Lipinski definition) is 3. The van der Waals surface area contributed by atoms with E-state index >= 15 is 0 Å². The molecule has 0 aliphatic heterocycles. The van der Waals surface area contributed by atoms with Gasteiger partial charge in [-0.25, -0.2) is 4.39 Å². The summed E-state index contributed by atoms with van der Waals surface area (Å²) in [7, 11) is 0.551. The topological polar surface area (TPSA) is 55.4 Å². The van der Waals surface area contributed by atoms with Crippen LogP contribution in [0.15, 0.2) is 24.3 Å². The number of halogens is 1. The van der Waals surface area contributed by atoms with E-state index in [1.807, 2.05) is 6.92 Å². The third kappa shape index (κ3) is 4.03. The molecule has 1 aliphatic rings. The molecule has 0 heterocycles. The highest BCUT2D eigenvalue weighted by molar-refractivity contribution is 7.85. The van der Waals surface area contributed by atoms with Gasteiger partial charge in [-0.2, -0.15) is 0 Å². The second kappa shape index (κ2) is 8.21. The lowest BCUT2D eigenvalue weighted by atomic mass is 9.91. The maximum Gasteiger partial charge on any atom is 0.256 e. The predicted molar refractivity (Wildman–Crippen MR) is 93.6 cm³/mol. The Kier molecular flexibility index (Phi) is 6.52. The minimum absolute atomic E-state index is 0.0481. The van der Waals surface area contributed by atoms with E-state index in [4.69, 9.17) is 4.74 Å². The fourth-order valence-electron chi connectivity index (χ4n) is 3.25. The van der Waals surface area contributed by atoms with Gasteiger partial charge in [-0.1, -0.05) is 31.5 Å². The first-order chi connectivity index (χ1) is 11.4. The Labute approximate surface area is 145 Å². The van der Waals surface area contributed by atoms with Crippen molar-refractivity contribution in [1.29, 1.82) is 0 Å². The van der Waals surface area contributed by atoms with Crippen LogP contribution >= 0.6 is 0 Å². The molecule has 1 saturated carbocycles. The minimum Gasteiger partial charge on any atom is -0.364 e. The molecule has 0 aromatic heterocycles. The first kappa shape index (κ1) is 19.1. The number of rotatable bonds is 6. The van der Waals surface area contributed by atoms with Crippen LogP contribution in [0.25, 0.3) is 0 Å². The summed E-state index contributed by atoms with van der Waals surface area (Å²) in [6.45, 7) is 3.49. The Morgan fingerprint density at radius 1 is 1.42 bits per heavy atom. The average molecular weight is 355 g/mol. The van der Waals surface area contributed by atoms with Crippen LogP contribution < -0.4 is 5.32 Å². The van der Waals surface area contributed by atoms with Gasteiger partial charge in [0, 0.05) is 40.5 Å². The molecular formula is C18H26FNO3S. The quantitative estimate of drug-likeness (QED) is 0.854. The highest BCUT2D eigenvalue weighted by Crippen LogP contribution is 2.29. The fraction of sp³-hybridized carbons (Fsp3) is 0.611. The number of nitrogens with one attached hydrogen (secondary N) is 1. The summed E-state index contributed by atoms with van der Waals surface area (Å²) in [4.78, 5) is 12.8. The second-order valence-electron chi connectivity index (χ2n) is 6.35. The Morgan fingerprint density at radius 2 is 2.12 bits per heavy atom. The van der Waals surface area contributed by atoms with Gasteiger partial charge in [-0.05, 0) is 32.3 Å². The molecule has 1 amide bonds. The Bertz CT molecular complexity index is 610. The predicted octanol–water partition coefficient (Wildman–Crippen LogP) is 2.88. The number of ether oxygens (including phenoxy) is 1. The summed E-state index contributed by atoms with van der Waals surface area (Å²) in [5.74, 6) is -0.190.